The van der Waals surface area contributed by atoms with Gasteiger partial charge in [0.1, 0.15) is 0 Å². The zero-order valence-corrected chi connectivity index (χ0v) is 36.0. The van der Waals surface area contributed by atoms with Crippen LogP contribution in [0.4, 0.5) is 0 Å². The molecule has 0 radical (unpaired) electrons. The first-order valence-corrected chi connectivity index (χ1v) is 21.4. The Bertz CT molecular complexity index is 1780. The molecule has 0 nitrogen and oxygen atoms in total. The molecule has 3 heteroatoms. The van der Waals surface area contributed by atoms with Gasteiger partial charge in [0, 0.05) is 0 Å². The van der Waals surface area contributed by atoms with Crippen molar-refractivity contribution in [3.63, 3.8) is 0 Å². The SMILES string of the molecule is CC(C)(C)c1c[c-]c2c(c1)-c1cc(C(C)(C)C)ccc1C2.CCC1=[C-]C(C)C=C1C(C)(C)C.Clc1ccc([CH]=[Zr]=[CH]c2ccc(Cl)cc2)cc1. The fourth-order valence-corrected chi connectivity index (χ4v) is 8.43. The topological polar surface area (TPSA) is 0 Å². The standard InChI is InChI=1S/C21H25.C12H19.2C7H5Cl.Zr/c1-20(2,3)16-9-7-14-11-15-8-10-17(21(4,5)6)13-19(15)18(14)12-16;1-6-10-7-9(2)8-11(10)12(3,4)5;2*1-6-2-4-7(8)5-3-6;/h7,9-10,12-13H,11H2,1-6H3;8-9H,6H2,1-5H3;2*1-5H;/q2*-1;;;. The second kappa shape index (κ2) is 16.9. The van der Waals surface area contributed by atoms with Gasteiger partial charge in [0.2, 0.25) is 0 Å². The summed E-state index contributed by atoms with van der Waals surface area (Å²) in [5, 5.41) is 1.57. The van der Waals surface area contributed by atoms with Crippen molar-refractivity contribution in [3.8, 4) is 11.1 Å². The molecule has 0 heterocycles. The van der Waals surface area contributed by atoms with Gasteiger partial charge in [-0.1, -0.05) is 129 Å². The van der Waals surface area contributed by atoms with E-state index in [0.717, 1.165) is 22.9 Å². The van der Waals surface area contributed by atoms with Gasteiger partial charge in [-0.25, -0.2) is 5.57 Å². The van der Waals surface area contributed by atoms with E-state index in [0.29, 0.717) is 11.3 Å². The van der Waals surface area contributed by atoms with Crippen molar-refractivity contribution in [1.29, 1.82) is 0 Å². The van der Waals surface area contributed by atoms with Crippen LogP contribution < -0.4 is 0 Å². The number of fused-ring (bicyclic) bond motifs is 3. The predicted molar refractivity (Wildman–Crippen MR) is 218 cm³/mol. The summed E-state index contributed by atoms with van der Waals surface area (Å²) in [5.74, 6) is 0.522. The van der Waals surface area contributed by atoms with Crippen LogP contribution in [0.2, 0.25) is 10.0 Å². The molecule has 0 amide bonds. The van der Waals surface area contributed by atoms with Crippen molar-refractivity contribution in [2.45, 2.75) is 99.8 Å². The molecule has 1 atom stereocenters. The van der Waals surface area contributed by atoms with Crippen LogP contribution in [0.15, 0.2) is 96.1 Å². The second-order valence-corrected chi connectivity index (χ2v) is 19.6. The maximum atomic E-state index is 5.84. The molecule has 4 aromatic carbocycles. The molecule has 1 unspecified atom stereocenters. The first-order valence-electron chi connectivity index (χ1n) is 17.8. The third-order valence-corrected chi connectivity index (χ3v) is 12.0. The van der Waals surface area contributed by atoms with Gasteiger partial charge in [-0.3, -0.25) is 6.08 Å². The summed E-state index contributed by atoms with van der Waals surface area (Å²) in [6, 6.07) is 31.0. The summed E-state index contributed by atoms with van der Waals surface area (Å²) in [7, 11) is 0. The van der Waals surface area contributed by atoms with Gasteiger partial charge in [-0.2, -0.15) is 41.0 Å². The zero-order chi connectivity index (χ0) is 36.9. The number of benzene rings is 4. The van der Waals surface area contributed by atoms with Crippen LogP contribution in [0.1, 0.15) is 116 Å². The third-order valence-electron chi connectivity index (χ3n) is 9.07. The molecule has 0 spiro atoms. The van der Waals surface area contributed by atoms with Gasteiger partial charge in [0.25, 0.3) is 0 Å². The monoisotopic (exact) mass is 778 g/mol. The number of rotatable bonds is 3. The fraction of sp³-hybridized carbons (Fsp3) is 0.362. The van der Waals surface area contributed by atoms with E-state index < -0.39 is 22.3 Å². The average Bonchev–Trinajstić information content (AvgIpc) is 3.62. The molecule has 0 aliphatic heterocycles. The van der Waals surface area contributed by atoms with Gasteiger partial charge in [-0.15, -0.1) is 5.56 Å². The summed E-state index contributed by atoms with van der Waals surface area (Å²) in [6.45, 7) is 24.9. The Morgan fingerprint density at radius 2 is 1.22 bits per heavy atom. The van der Waals surface area contributed by atoms with E-state index in [2.05, 4.69) is 156 Å². The summed E-state index contributed by atoms with van der Waals surface area (Å²) in [6.07, 6.45) is 7.98. The molecule has 4 aromatic rings. The summed E-state index contributed by atoms with van der Waals surface area (Å²) in [4.78, 5) is 0. The van der Waals surface area contributed by atoms with Gasteiger partial charge < -0.3 is 0 Å². The summed E-state index contributed by atoms with van der Waals surface area (Å²) < 4.78 is 4.66. The second-order valence-electron chi connectivity index (χ2n) is 16.5. The van der Waals surface area contributed by atoms with Crippen LogP contribution in [-0.4, -0.2) is 7.42 Å². The van der Waals surface area contributed by atoms with Crippen LogP contribution in [0.3, 0.4) is 0 Å². The molecule has 0 aromatic heterocycles. The molecule has 2 aliphatic rings. The minimum atomic E-state index is -0.623. The molecule has 0 saturated heterocycles. The Labute approximate surface area is 324 Å². The Kier molecular flexibility index (Phi) is 13.7. The van der Waals surface area contributed by atoms with Gasteiger partial charge >= 0.3 is 123 Å². The van der Waals surface area contributed by atoms with Crippen LogP contribution in [0.25, 0.3) is 11.1 Å². The number of hydrogen-bond donors (Lipinski definition) is 0. The first kappa shape index (κ1) is 40.3. The molecular formula is C47H54Cl2Zr-2. The number of halogens is 2. The van der Waals surface area contributed by atoms with Crippen molar-refractivity contribution in [3.05, 3.63) is 152 Å². The Balaban J connectivity index is 0.000000175. The number of allylic oxidation sites excluding steroid dienone is 4. The van der Waals surface area contributed by atoms with Gasteiger partial charge in [0.15, 0.2) is 0 Å². The predicted octanol–water partition coefficient (Wildman–Crippen LogP) is 13.5. The molecule has 0 N–H and O–H groups in total. The van der Waals surface area contributed by atoms with Gasteiger partial charge in [-0.05, 0) is 17.4 Å². The fourth-order valence-electron chi connectivity index (χ4n) is 6.08. The van der Waals surface area contributed by atoms with Crippen molar-refractivity contribution in [1.82, 2.24) is 0 Å². The van der Waals surface area contributed by atoms with Crippen molar-refractivity contribution < 1.29 is 22.3 Å². The number of hydrogen-bond acceptors (Lipinski definition) is 0. The van der Waals surface area contributed by atoms with E-state index in [9.17, 15) is 0 Å². The molecule has 0 saturated carbocycles. The van der Waals surface area contributed by atoms with E-state index in [4.69, 9.17) is 23.2 Å². The summed E-state index contributed by atoms with van der Waals surface area (Å²) >= 11 is 11.0. The molecule has 262 valence electrons. The summed E-state index contributed by atoms with van der Waals surface area (Å²) in [5.41, 5.74) is 14.5. The van der Waals surface area contributed by atoms with Crippen LogP contribution in [-0.2, 0) is 39.5 Å². The molecule has 0 fully saturated rings. The van der Waals surface area contributed by atoms with Crippen molar-refractivity contribution in [2.75, 3.05) is 0 Å². The van der Waals surface area contributed by atoms with E-state index in [1.165, 1.54) is 55.7 Å². The third kappa shape index (κ3) is 11.3. The molecule has 0 bridgehead atoms. The van der Waals surface area contributed by atoms with Crippen molar-refractivity contribution in [2.24, 2.45) is 11.3 Å². The van der Waals surface area contributed by atoms with Gasteiger partial charge in [0.05, 0.1) is 0 Å². The Morgan fingerprint density at radius 3 is 1.68 bits per heavy atom. The molecular weight excluding hydrogens is 727 g/mol. The van der Waals surface area contributed by atoms with E-state index >= 15 is 0 Å². The quantitative estimate of drug-likeness (QED) is 0.160. The maximum absolute atomic E-state index is 5.84. The van der Waals surface area contributed by atoms with E-state index in [1.807, 2.05) is 24.3 Å². The first-order chi connectivity index (χ1) is 23.3. The van der Waals surface area contributed by atoms with Crippen LogP contribution in [0.5, 0.6) is 0 Å². The average molecular weight is 781 g/mol. The molecule has 2 aliphatic carbocycles. The Morgan fingerprint density at radius 1 is 0.700 bits per heavy atom. The Hall–Kier alpha value is -2.44. The molecule has 50 heavy (non-hydrogen) atoms. The normalized spacial score (nSPS) is 14.9. The van der Waals surface area contributed by atoms with E-state index in [1.54, 1.807) is 0 Å². The van der Waals surface area contributed by atoms with Crippen LogP contribution in [0, 0.1) is 23.5 Å². The van der Waals surface area contributed by atoms with Crippen molar-refractivity contribution >= 4 is 30.6 Å². The molecule has 6 rings (SSSR count). The van der Waals surface area contributed by atoms with Crippen LogP contribution >= 0.6 is 23.2 Å². The zero-order valence-electron chi connectivity index (χ0n) is 32.0. The van der Waals surface area contributed by atoms with E-state index in [-0.39, 0.29) is 10.8 Å². The minimum absolute atomic E-state index is 0.177.